The molecule has 0 unspecified atom stereocenters. The Bertz CT molecular complexity index is 413. The molecule has 2 heterocycles. The maximum atomic E-state index is 10.7. The van der Waals surface area contributed by atoms with Gasteiger partial charge in [-0.2, -0.15) is 0 Å². The van der Waals surface area contributed by atoms with Gasteiger partial charge in [0.1, 0.15) is 5.60 Å². The van der Waals surface area contributed by atoms with Crippen molar-refractivity contribution in [2.75, 3.05) is 13.2 Å². The molecule has 4 heteroatoms. The van der Waals surface area contributed by atoms with Gasteiger partial charge in [-0.3, -0.25) is 0 Å². The van der Waals surface area contributed by atoms with Gasteiger partial charge in [-0.05, 0) is 24.7 Å². The molecule has 0 aromatic heterocycles. The zero-order valence-electron chi connectivity index (χ0n) is 11.8. The number of aliphatic hydroxyl groups excluding tert-OH is 1. The van der Waals surface area contributed by atoms with Crippen molar-refractivity contribution in [1.29, 1.82) is 0 Å². The molecule has 2 saturated heterocycles. The summed E-state index contributed by atoms with van der Waals surface area (Å²) in [5.74, 6) is 1.24. The summed E-state index contributed by atoms with van der Waals surface area (Å²) in [5.41, 5.74) is -1.70. The van der Waals surface area contributed by atoms with E-state index in [1.165, 1.54) is 19.3 Å². The quantitative estimate of drug-likeness (QED) is 0.699. The fourth-order valence-corrected chi connectivity index (χ4v) is 5.33. The second kappa shape index (κ2) is 3.53. The van der Waals surface area contributed by atoms with Crippen molar-refractivity contribution in [2.45, 2.75) is 62.9 Å². The first-order chi connectivity index (χ1) is 8.99. The molecule has 2 aliphatic carbocycles. The average molecular weight is 268 g/mol. The largest absolute Gasteiger partial charge is 0.393 e. The monoisotopic (exact) mass is 268 g/mol. The van der Waals surface area contributed by atoms with Gasteiger partial charge >= 0.3 is 0 Å². The first kappa shape index (κ1) is 12.6. The molecule has 0 bridgehead atoms. The van der Waals surface area contributed by atoms with E-state index in [4.69, 9.17) is 9.47 Å². The van der Waals surface area contributed by atoms with Gasteiger partial charge in [-0.1, -0.05) is 26.7 Å². The number of hydrogen-bond donors (Lipinski definition) is 2. The Labute approximate surface area is 114 Å². The van der Waals surface area contributed by atoms with Crippen LogP contribution in [-0.2, 0) is 9.47 Å². The molecule has 1 spiro atoms. The van der Waals surface area contributed by atoms with Gasteiger partial charge in [0.15, 0.2) is 5.60 Å². The molecule has 0 aromatic carbocycles. The lowest BCUT2D eigenvalue weighted by Crippen LogP contribution is -2.59. The molecule has 4 nitrogen and oxygen atoms in total. The van der Waals surface area contributed by atoms with E-state index in [0.717, 1.165) is 6.42 Å². The van der Waals surface area contributed by atoms with Crippen molar-refractivity contribution in [3.05, 3.63) is 0 Å². The predicted octanol–water partition coefficient (Wildman–Crippen LogP) is 1.09. The highest BCUT2D eigenvalue weighted by Gasteiger charge is 2.83. The Hall–Kier alpha value is -0.160. The molecule has 7 atom stereocenters. The van der Waals surface area contributed by atoms with Gasteiger partial charge in [0.25, 0.3) is 0 Å². The number of hydrogen-bond acceptors (Lipinski definition) is 4. The van der Waals surface area contributed by atoms with Crippen LogP contribution in [0.25, 0.3) is 0 Å². The van der Waals surface area contributed by atoms with Crippen molar-refractivity contribution in [2.24, 2.45) is 17.3 Å². The van der Waals surface area contributed by atoms with Crippen LogP contribution >= 0.6 is 0 Å². The minimum Gasteiger partial charge on any atom is -0.393 e. The van der Waals surface area contributed by atoms with Crippen LogP contribution in [0.1, 0.15) is 39.5 Å². The van der Waals surface area contributed by atoms with Crippen LogP contribution in [0.2, 0.25) is 0 Å². The topological polar surface area (TPSA) is 62.2 Å². The summed E-state index contributed by atoms with van der Waals surface area (Å²) in [6.45, 7) is 4.58. The summed E-state index contributed by atoms with van der Waals surface area (Å²) >= 11 is 0. The highest BCUT2D eigenvalue weighted by atomic mass is 16.7. The maximum Gasteiger partial charge on any atom is 0.154 e. The summed E-state index contributed by atoms with van der Waals surface area (Å²) in [5, 5.41) is 20.3. The van der Waals surface area contributed by atoms with Gasteiger partial charge in [0.2, 0.25) is 0 Å². The van der Waals surface area contributed by atoms with Crippen LogP contribution in [0, 0.1) is 17.3 Å². The Kier molecular flexibility index (Phi) is 2.34. The third-order valence-electron chi connectivity index (χ3n) is 6.83. The van der Waals surface area contributed by atoms with Crippen molar-refractivity contribution >= 4 is 0 Å². The number of rotatable bonds is 1. The third kappa shape index (κ3) is 1.21. The van der Waals surface area contributed by atoms with Gasteiger partial charge in [-0.25, -0.2) is 0 Å². The Morgan fingerprint density at radius 1 is 1.32 bits per heavy atom. The second-order valence-corrected chi connectivity index (χ2v) is 7.41. The Morgan fingerprint density at radius 3 is 2.84 bits per heavy atom. The van der Waals surface area contributed by atoms with Crippen molar-refractivity contribution in [3.63, 3.8) is 0 Å². The summed E-state index contributed by atoms with van der Waals surface area (Å²) in [6, 6.07) is 0. The van der Waals surface area contributed by atoms with Gasteiger partial charge in [0.05, 0.1) is 25.4 Å². The lowest BCUT2D eigenvalue weighted by molar-refractivity contribution is -0.0649. The zero-order chi connectivity index (χ0) is 13.5. The molecule has 2 aliphatic heterocycles. The van der Waals surface area contributed by atoms with Crippen molar-refractivity contribution in [3.8, 4) is 0 Å². The molecule has 0 radical (unpaired) electrons. The van der Waals surface area contributed by atoms with Crippen molar-refractivity contribution in [1.82, 2.24) is 0 Å². The second-order valence-electron chi connectivity index (χ2n) is 7.41. The van der Waals surface area contributed by atoms with E-state index in [9.17, 15) is 10.2 Å². The van der Waals surface area contributed by atoms with Crippen molar-refractivity contribution < 1.29 is 19.7 Å². The highest BCUT2D eigenvalue weighted by Crippen LogP contribution is 2.69. The van der Waals surface area contributed by atoms with Gasteiger partial charge in [0, 0.05) is 5.41 Å². The van der Waals surface area contributed by atoms with Gasteiger partial charge in [-0.15, -0.1) is 0 Å². The SMILES string of the molecule is C[C@@H]1CCC[C@H]2C[C@H]3OC[C@](O)(CO)[C@]34O[C@@H]4[C@]21C. The number of ether oxygens (including phenoxy) is 2. The number of fused-ring (bicyclic) bond motifs is 2. The fraction of sp³-hybridized carbons (Fsp3) is 1.00. The van der Waals surface area contributed by atoms with Crippen LogP contribution in [0.5, 0.6) is 0 Å². The molecule has 2 saturated carbocycles. The minimum absolute atomic E-state index is 0.0296. The van der Waals surface area contributed by atoms with Crippen LogP contribution in [0.15, 0.2) is 0 Å². The highest BCUT2D eigenvalue weighted by molar-refractivity contribution is 5.30. The van der Waals surface area contributed by atoms with E-state index in [0.29, 0.717) is 11.8 Å². The molecular formula is C15H24O4. The standard InChI is InChI=1S/C15H24O4/c1-9-4-3-5-10-6-11-15(12(19-15)13(9,10)2)14(17,7-16)8-18-11/h9-12,16-17H,3-8H2,1-2H3/t9-,10+,11-,12-,13+,14-,15+/m1/s1. The molecule has 2 N–H and O–H groups in total. The van der Waals surface area contributed by atoms with E-state index in [1.807, 2.05) is 0 Å². The molecule has 0 aromatic rings. The smallest absolute Gasteiger partial charge is 0.154 e. The molecule has 108 valence electrons. The molecular weight excluding hydrogens is 244 g/mol. The van der Waals surface area contributed by atoms with E-state index in [-0.39, 0.29) is 30.8 Å². The van der Waals surface area contributed by atoms with E-state index in [1.54, 1.807) is 0 Å². The molecule has 0 amide bonds. The lowest BCUT2D eigenvalue weighted by Gasteiger charge is -2.50. The normalized spacial score (nSPS) is 63.2. The Balaban J connectivity index is 1.75. The average Bonchev–Trinajstić information content (AvgIpc) is 3.11. The lowest BCUT2D eigenvalue weighted by atomic mass is 9.52. The molecule has 4 fully saturated rings. The van der Waals surface area contributed by atoms with Gasteiger partial charge < -0.3 is 19.7 Å². The third-order valence-corrected chi connectivity index (χ3v) is 6.83. The van der Waals surface area contributed by atoms with E-state index in [2.05, 4.69) is 13.8 Å². The first-order valence-electron chi connectivity index (χ1n) is 7.61. The Morgan fingerprint density at radius 2 is 2.11 bits per heavy atom. The van der Waals surface area contributed by atoms with Crippen LogP contribution in [0.4, 0.5) is 0 Å². The summed E-state index contributed by atoms with van der Waals surface area (Å²) in [4.78, 5) is 0. The van der Waals surface area contributed by atoms with E-state index < -0.39 is 11.2 Å². The molecule has 4 aliphatic rings. The first-order valence-corrected chi connectivity index (χ1v) is 7.61. The summed E-state index contributed by atoms with van der Waals surface area (Å²) in [6.07, 6.45) is 4.77. The molecule has 4 rings (SSSR count). The summed E-state index contributed by atoms with van der Waals surface area (Å²) < 4.78 is 11.9. The fourth-order valence-electron chi connectivity index (χ4n) is 5.33. The maximum absolute atomic E-state index is 10.7. The predicted molar refractivity (Wildman–Crippen MR) is 68.6 cm³/mol. The summed E-state index contributed by atoms with van der Waals surface area (Å²) in [7, 11) is 0. The van der Waals surface area contributed by atoms with E-state index >= 15 is 0 Å². The minimum atomic E-state index is -1.20. The molecule has 19 heavy (non-hydrogen) atoms. The van der Waals surface area contributed by atoms with Crippen LogP contribution in [0.3, 0.4) is 0 Å². The number of aliphatic hydroxyl groups is 2. The number of epoxide rings is 1. The van der Waals surface area contributed by atoms with Crippen LogP contribution < -0.4 is 0 Å². The van der Waals surface area contributed by atoms with Crippen LogP contribution in [-0.4, -0.2) is 46.8 Å². The zero-order valence-corrected chi connectivity index (χ0v) is 11.8.